The van der Waals surface area contributed by atoms with Crippen molar-refractivity contribution in [2.45, 2.75) is 12.2 Å². The van der Waals surface area contributed by atoms with E-state index in [1.165, 1.54) is 0 Å². The molecule has 1 saturated heterocycles. The second-order valence-corrected chi connectivity index (χ2v) is 1.90. The van der Waals surface area contributed by atoms with E-state index in [4.69, 9.17) is 10.2 Å². The molecule has 1 rings (SSSR count). The van der Waals surface area contributed by atoms with Gasteiger partial charge in [0.25, 0.3) is 0 Å². The molecule has 0 aromatic carbocycles. The Hall–Kier alpha value is -1.26. The molecular formula is C4H4O9. The van der Waals surface area contributed by atoms with Crippen LogP contribution in [0, 0.1) is 0 Å². The first kappa shape index (κ1) is 9.83. The number of carbonyl (C=O) groups excluding carboxylic acids is 2. The van der Waals surface area contributed by atoms with E-state index >= 15 is 0 Å². The average Bonchev–Trinajstić information content (AvgIpc) is 2.16. The molecule has 9 nitrogen and oxygen atoms in total. The minimum Gasteiger partial charge on any atom is -0.378 e. The maximum atomic E-state index is 10.6. The summed E-state index contributed by atoms with van der Waals surface area (Å²) in [6, 6.07) is 0. The van der Waals surface area contributed by atoms with Crippen LogP contribution in [0.15, 0.2) is 0 Å². The Morgan fingerprint density at radius 3 is 1.62 bits per heavy atom. The van der Waals surface area contributed by atoms with Crippen molar-refractivity contribution in [1.82, 2.24) is 0 Å². The number of rotatable bonds is 0. The van der Waals surface area contributed by atoms with Gasteiger partial charge in [-0.3, -0.25) is 9.78 Å². The fourth-order valence-electron chi connectivity index (χ4n) is 0.463. The molecule has 2 atom stereocenters. The van der Waals surface area contributed by atoms with E-state index in [-0.39, 0.29) is 0 Å². The summed E-state index contributed by atoms with van der Waals surface area (Å²) in [5.74, 6) is -2.87. The van der Waals surface area contributed by atoms with E-state index in [1.807, 2.05) is 0 Å². The Morgan fingerprint density at radius 1 is 0.846 bits per heavy atom. The lowest BCUT2D eigenvalue weighted by molar-refractivity contribution is -0.685. The van der Waals surface area contributed by atoms with Gasteiger partial charge < -0.3 is 10.2 Å². The fraction of sp³-hybridized carbons (Fsp3) is 0.500. The Labute approximate surface area is 70.0 Å². The first-order chi connectivity index (χ1) is 6.13. The number of aliphatic hydroxyl groups excluding tert-OH is 2. The lowest BCUT2D eigenvalue weighted by Gasteiger charge is -2.08. The number of hydrogen-bond donors (Lipinski definition) is 2. The minimum atomic E-state index is -2.14. The topological polar surface area (TPSA) is 121 Å². The predicted molar refractivity (Wildman–Crippen MR) is 27.5 cm³/mol. The van der Waals surface area contributed by atoms with Crippen LogP contribution in [-0.2, 0) is 34.5 Å². The van der Waals surface area contributed by atoms with Gasteiger partial charge in [-0.1, -0.05) is 0 Å². The van der Waals surface area contributed by atoms with Crippen LogP contribution in [0.3, 0.4) is 0 Å². The minimum absolute atomic E-state index is 1.44. The number of carbonyl (C=O) groups is 2. The van der Waals surface area contributed by atoms with Gasteiger partial charge in [-0.25, -0.2) is 9.59 Å². The molecule has 9 heteroatoms. The van der Waals surface area contributed by atoms with Crippen molar-refractivity contribution in [3.8, 4) is 0 Å². The van der Waals surface area contributed by atoms with Crippen LogP contribution in [0.25, 0.3) is 0 Å². The Morgan fingerprint density at radius 2 is 1.23 bits per heavy atom. The molecule has 2 N–H and O–H groups in total. The summed E-state index contributed by atoms with van der Waals surface area (Å²) in [6.07, 6.45) is -4.28. The normalized spacial score (nSPS) is 30.9. The van der Waals surface area contributed by atoms with Crippen molar-refractivity contribution in [2.75, 3.05) is 0 Å². The average molecular weight is 196 g/mol. The standard InChI is InChI=1S/C4H4O9/c5-1-2(6)4(8)10-12-13-11-9-3(1)7/h1-2,5-6H. The molecular weight excluding hydrogens is 192 g/mol. The lowest BCUT2D eigenvalue weighted by atomic mass is 10.2. The van der Waals surface area contributed by atoms with Crippen molar-refractivity contribution < 1.29 is 44.7 Å². The molecule has 0 aromatic rings. The van der Waals surface area contributed by atoms with Gasteiger partial charge >= 0.3 is 11.9 Å². The summed E-state index contributed by atoms with van der Waals surface area (Å²) in [5, 5.41) is 28.2. The highest BCUT2D eigenvalue weighted by Gasteiger charge is 2.36. The molecule has 2 unspecified atom stereocenters. The molecule has 74 valence electrons. The van der Waals surface area contributed by atoms with Crippen LogP contribution in [0.2, 0.25) is 0 Å². The van der Waals surface area contributed by atoms with Gasteiger partial charge in [0.1, 0.15) is 0 Å². The zero-order valence-electron chi connectivity index (χ0n) is 5.91. The first-order valence-corrected chi connectivity index (χ1v) is 2.91. The molecule has 13 heavy (non-hydrogen) atoms. The Bertz CT molecular complexity index is 190. The predicted octanol–water partition coefficient (Wildman–Crippen LogP) is -2.48. The van der Waals surface area contributed by atoms with Crippen molar-refractivity contribution in [3.05, 3.63) is 0 Å². The molecule has 0 bridgehead atoms. The summed E-state index contributed by atoms with van der Waals surface area (Å²) >= 11 is 0. The highest BCUT2D eigenvalue weighted by molar-refractivity contribution is 5.84. The molecule has 0 spiro atoms. The van der Waals surface area contributed by atoms with Crippen molar-refractivity contribution in [3.63, 3.8) is 0 Å². The van der Waals surface area contributed by atoms with Crippen molar-refractivity contribution in [1.29, 1.82) is 0 Å². The summed E-state index contributed by atoms with van der Waals surface area (Å²) in [6.45, 7) is 0. The quantitative estimate of drug-likeness (QED) is 0.405. The third-order valence-corrected chi connectivity index (χ3v) is 1.07. The second kappa shape index (κ2) is 4.11. The number of aliphatic hydroxyl groups is 2. The first-order valence-electron chi connectivity index (χ1n) is 2.91. The Kier molecular flexibility index (Phi) is 3.11. The van der Waals surface area contributed by atoms with Gasteiger partial charge in [-0.05, 0) is 0 Å². The van der Waals surface area contributed by atoms with Crippen LogP contribution < -0.4 is 0 Å². The monoisotopic (exact) mass is 196 g/mol. The van der Waals surface area contributed by atoms with E-state index < -0.39 is 24.1 Å². The summed E-state index contributed by atoms with van der Waals surface area (Å²) in [7, 11) is 0. The molecule has 0 aromatic heterocycles. The van der Waals surface area contributed by atoms with Gasteiger partial charge in [0, 0.05) is 15.1 Å². The van der Waals surface area contributed by atoms with Gasteiger partial charge in [-0.15, -0.1) is 0 Å². The smallest absolute Gasteiger partial charge is 0.377 e. The Balaban J connectivity index is 2.68. The molecule has 1 aliphatic rings. The summed E-state index contributed by atoms with van der Waals surface area (Å²) < 4.78 is 0. The van der Waals surface area contributed by atoms with Crippen LogP contribution in [-0.4, -0.2) is 34.4 Å². The highest BCUT2D eigenvalue weighted by atomic mass is 17.8. The molecule has 1 aliphatic heterocycles. The van der Waals surface area contributed by atoms with Crippen LogP contribution in [0.5, 0.6) is 0 Å². The van der Waals surface area contributed by atoms with Crippen LogP contribution in [0.4, 0.5) is 0 Å². The zero-order valence-corrected chi connectivity index (χ0v) is 5.91. The molecule has 0 radical (unpaired) electrons. The molecule has 0 amide bonds. The second-order valence-electron chi connectivity index (χ2n) is 1.90. The largest absolute Gasteiger partial charge is 0.378 e. The third-order valence-electron chi connectivity index (χ3n) is 1.07. The molecule has 0 aliphatic carbocycles. The van der Waals surface area contributed by atoms with Gasteiger partial charge in [0.2, 0.25) is 0 Å². The molecule has 1 fully saturated rings. The highest BCUT2D eigenvalue weighted by Crippen LogP contribution is 2.03. The van der Waals surface area contributed by atoms with Crippen LogP contribution in [0.1, 0.15) is 0 Å². The molecule has 0 saturated carbocycles. The van der Waals surface area contributed by atoms with Crippen molar-refractivity contribution in [2.24, 2.45) is 0 Å². The van der Waals surface area contributed by atoms with E-state index in [1.54, 1.807) is 0 Å². The third kappa shape index (κ3) is 2.34. The lowest BCUT2D eigenvalue weighted by Crippen LogP contribution is -2.40. The SMILES string of the molecule is O=C1OOOOOC(=O)C(O)C1O. The summed E-state index contributed by atoms with van der Waals surface area (Å²) in [5.41, 5.74) is 0. The van der Waals surface area contributed by atoms with Crippen molar-refractivity contribution >= 4 is 11.9 Å². The number of hydrogen-bond acceptors (Lipinski definition) is 9. The molecule has 1 heterocycles. The van der Waals surface area contributed by atoms with Crippen LogP contribution >= 0.6 is 0 Å². The van der Waals surface area contributed by atoms with Gasteiger partial charge in [-0.2, -0.15) is 0 Å². The summed E-state index contributed by atoms with van der Waals surface area (Å²) in [4.78, 5) is 28.5. The maximum Gasteiger partial charge on any atom is 0.377 e. The fourth-order valence-corrected chi connectivity index (χ4v) is 0.463. The van der Waals surface area contributed by atoms with E-state index in [9.17, 15) is 9.59 Å². The van der Waals surface area contributed by atoms with E-state index in [0.29, 0.717) is 0 Å². The van der Waals surface area contributed by atoms with Gasteiger partial charge in [0.05, 0.1) is 0 Å². The van der Waals surface area contributed by atoms with Gasteiger partial charge in [0.15, 0.2) is 12.2 Å². The maximum absolute atomic E-state index is 10.6. The van der Waals surface area contributed by atoms with E-state index in [0.717, 1.165) is 0 Å². The van der Waals surface area contributed by atoms with E-state index in [2.05, 4.69) is 24.9 Å². The zero-order chi connectivity index (χ0) is 9.84.